The standard InChI is InChI=1S/C7H6BrCl2NO3S/c1-14-11-15(12,13)7-5(9)2-4(8)3-6(7)10/h2-3,11H,1H3. The van der Waals surface area contributed by atoms with Crippen molar-refractivity contribution >= 4 is 49.2 Å². The van der Waals surface area contributed by atoms with Gasteiger partial charge < -0.3 is 0 Å². The fourth-order valence-electron chi connectivity index (χ4n) is 0.937. The van der Waals surface area contributed by atoms with Gasteiger partial charge in [-0.15, -0.1) is 0 Å². The summed E-state index contributed by atoms with van der Waals surface area (Å²) < 4.78 is 23.7. The Labute approximate surface area is 106 Å². The minimum absolute atomic E-state index is 0.0129. The molecule has 0 atom stereocenters. The molecule has 0 aliphatic heterocycles. The second-order valence-electron chi connectivity index (χ2n) is 2.49. The van der Waals surface area contributed by atoms with Gasteiger partial charge in [-0.2, -0.15) is 0 Å². The molecule has 15 heavy (non-hydrogen) atoms. The van der Waals surface area contributed by atoms with Crippen molar-refractivity contribution in [1.82, 2.24) is 4.89 Å². The highest BCUT2D eigenvalue weighted by Crippen LogP contribution is 2.32. The van der Waals surface area contributed by atoms with Crippen LogP contribution in [0, 0.1) is 0 Å². The Morgan fingerprint density at radius 1 is 1.33 bits per heavy atom. The van der Waals surface area contributed by atoms with Crippen LogP contribution >= 0.6 is 39.1 Å². The van der Waals surface area contributed by atoms with Crippen molar-refractivity contribution in [2.45, 2.75) is 4.90 Å². The highest BCUT2D eigenvalue weighted by molar-refractivity contribution is 9.10. The van der Waals surface area contributed by atoms with E-state index in [0.717, 1.165) is 0 Å². The van der Waals surface area contributed by atoms with Gasteiger partial charge in [0.15, 0.2) is 0 Å². The number of hydrogen-bond acceptors (Lipinski definition) is 3. The normalized spacial score (nSPS) is 11.7. The molecule has 8 heteroatoms. The molecule has 0 radical (unpaired) electrons. The number of nitrogens with one attached hydrogen (secondary N) is 1. The molecule has 1 aromatic carbocycles. The first-order chi connectivity index (χ1) is 6.88. The second-order valence-corrected chi connectivity index (χ2v) is 5.80. The fourth-order valence-corrected chi connectivity index (χ4v) is 3.69. The van der Waals surface area contributed by atoms with Crippen molar-refractivity contribution in [3.63, 3.8) is 0 Å². The minimum Gasteiger partial charge on any atom is -0.290 e. The van der Waals surface area contributed by atoms with Crippen molar-refractivity contribution in [1.29, 1.82) is 0 Å². The average molecular weight is 335 g/mol. The lowest BCUT2D eigenvalue weighted by atomic mass is 10.4. The van der Waals surface area contributed by atoms with E-state index in [1.807, 2.05) is 4.89 Å². The van der Waals surface area contributed by atoms with Crippen molar-refractivity contribution < 1.29 is 13.3 Å². The second kappa shape index (κ2) is 4.99. The molecule has 0 heterocycles. The molecule has 0 spiro atoms. The molecule has 0 saturated carbocycles. The van der Waals surface area contributed by atoms with Crippen LogP contribution in [0.1, 0.15) is 0 Å². The number of rotatable bonds is 3. The summed E-state index contributed by atoms with van der Waals surface area (Å²) in [5, 5.41) is 0.0258. The Bertz CT molecular complexity index is 454. The van der Waals surface area contributed by atoms with Crippen molar-refractivity contribution in [2.75, 3.05) is 7.11 Å². The van der Waals surface area contributed by atoms with Crippen molar-refractivity contribution in [3.05, 3.63) is 26.7 Å². The molecule has 0 fully saturated rings. The van der Waals surface area contributed by atoms with E-state index in [9.17, 15) is 8.42 Å². The molecule has 0 saturated heterocycles. The molecule has 1 N–H and O–H groups in total. The number of sulfonamides is 1. The molecule has 1 rings (SSSR count). The lowest BCUT2D eigenvalue weighted by Gasteiger charge is -2.08. The fraction of sp³-hybridized carbons (Fsp3) is 0.143. The van der Waals surface area contributed by atoms with Gasteiger partial charge >= 0.3 is 0 Å². The Balaban J connectivity index is 3.38. The van der Waals surface area contributed by atoms with Crippen LogP contribution in [-0.2, 0) is 14.9 Å². The number of hydrogen-bond donors (Lipinski definition) is 1. The first-order valence-electron chi connectivity index (χ1n) is 3.58. The summed E-state index contributed by atoms with van der Waals surface area (Å²) in [6.07, 6.45) is 0. The maximum atomic E-state index is 11.6. The van der Waals surface area contributed by atoms with E-state index in [2.05, 4.69) is 20.8 Å². The molecule has 0 amide bonds. The first-order valence-corrected chi connectivity index (χ1v) is 6.61. The molecule has 0 bridgehead atoms. The summed E-state index contributed by atoms with van der Waals surface area (Å²) in [7, 11) is -2.67. The van der Waals surface area contributed by atoms with Crippen LogP contribution in [0.5, 0.6) is 0 Å². The summed E-state index contributed by atoms with van der Waals surface area (Å²) in [5.74, 6) is 0. The third kappa shape index (κ3) is 3.05. The predicted molar refractivity (Wildman–Crippen MR) is 61.5 cm³/mol. The molecule has 0 aliphatic carbocycles. The van der Waals surface area contributed by atoms with Crippen LogP contribution in [0.25, 0.3) is 0 Å². The average Bonchev–Trinajstić information content (AvgIpc) is 1.99. The van der Waals surface area contributed by atoms with Crippen LogP contribution < -0.4 is 4.89 Å². The van der Waals surface area contributed by atoms with E-state index in [1.54, 1.807) is 0 Å². The molecule has 4 nitrogen and oxygen atoms in total. The van der Waals surface area contributed by atoms with E-state index in [4.69, 9.17) is 23.2 Å². The van der Waals surface area contributed by atoms with Gasteiger partial charge in [-0.05, 0) is 12.1 Å². The van der Waals surface area contributed by atoms with Crippen LogP contribution in [0.3, 0.4) is 0 Å². The van der Waals surface area contributed by atoms with Gasteiger partial charge in [0.2, 0.25) is 0 Å². The summed E-state index contributed by atoms with van der Waals surface area (Å²) >= 11 is 14.7. The largest absolute Gasteiger partial charge is 0.290 e. The van der Waals surface area contributed by atoms with Crippen LogP contribution in [0.15, 0.2) is 21.5 Å². The Morgan fingerprint density at radius 3 is 2.20 bits per heavy atom. The highest BCUT2D eigenvalue weighted by Gasteiger charge is 2.22. The van der Waals surface area contributed by atoms with E-state index >= 15 is 0 Å². The zero-order chi connectivity index (χ0) is 11.6. The van der Waals surface area contributed by atoms with Crippen LogP contribution in [0.4, 0.5) is 0 Å². The minimum atomic E-state index is -3.85. The monoisotopic (exact) mass is 333 g/mol. The molecule has 84 valence electrons. The van der Waals surface area contributed by atoms with E-state index in [-0.39, 0.29) is 14.9 Å². The Kier molecular flexibility index (Phi) is 4.39. The summed E-state index contributed by atoms with van der Waals surface area (Å²) in [4.78, 5) is 5.95. The molecule has 1 aromatic rings. The van der Waals surface area contributed by atoms with Crippen molar-refractivity contribution in [2.24, 2.45) is 0 Å². The molecular weight excluding hydrogens is 329 g/mol. The lowest BCUT2D eigenvalue weighted by molar-refractivity contribution is 0.153. The topological polar surface area (TPSA) is 55.4 Å². The SMILES string of the molecule is CONS(=O)(=O)c1c(Cl)cc(Br)cc1Cl. The number of benzene rings is 1. The molecule has 0 aliphatic rings. The van der Waals surface area contributed by atoms with Gasteiger partial charge in [0.05, 0.1) is 17.2 Å². The van der Waals surface area contributed by atoms with Gasteiger partial charge in [-0.3, -0.25) is 4.84 Å². The summed E-state index contributed by atoms with van der Waals surface area (Å²) in [5.41, 5.74) is 0. The van der Waals surface area contributed by atoms with Gasteiger partial charge in [-0.25, -0.2) is 8.42 Å². The zero-order valence-electron chi connectivity index (χ0n) is 7.42. The first kappa shape index (κ1) is 13.2. The number of halogens is 3. The van der Waals surface area contributed by atoms with Gasteiger partial charge in [0.25, 0.3) is 10.0 Å². The van der Waals surface area contributed by atoms with E-state index in [0.29, 0.717) is 4.47 Å². The van der Waals surface area contributed by atoms with E-state index in [1.165, 1.54) is 19.2 Å². The molecule has 0 unspecified atom stereocenters. The Morgan fingerprint density at radius 2 is 1.80 bits per heavy atom. The van der Waals surface area contributed by atoms with Crippen LogP contribution in [-0.4, -0.2) is 15.5 Å². The summed E-state index contributed by atoms with van der Waals surface area (Å²) in [6.45, 7) is 0. The summed E-state index contributed by atoms with van der Waals surface area (Å²) in [6, 6.07) is 2.86. The maximum absolute atomic E-state index is 11.6. The van der Waals surface area contributed by atoms with Crippen LogP contribution in [0.2, 0.25) is 10.0 Å². The smallest absolute Gasteiger partial charge is 0.265 e. The van der Waals surface area contributed by atoms with E-state index < -0.39 is 10.0 Å². The van der Waals surface area contributed by atoms with Gasteiger partial charge in [0.1, 0.15) is 4.90 Å². The van der Waals surface area contributed by atoms with Gasteiger partial charge in [-0.1, -0.05) is 44.0 Å². The predicted octanol–water partition coefficient (Wildman–Crippen LogP) is 2.60. The third-order valence-electron chi connectivity index (χ3n) is 1.42. The quantitative estimate of drug-likeness (QED) is 0.864. The maximum Gasteiger partial charge on any atom is 0.265 e. The highest BCUT2D eigenvalue weighted by atomic mass is 79.9. The Hall–Kier alpha value is 0.150. The third-order valence-corrected chi connectivity index (χ3v) is 4.07. The molecule has 0 aromatic heterocycles. The molecular formula is C7H6BrCl2NO3S. The van der Waals surface area contributed by atoms with Gasteiger partial charge in [0, 0.05) is 4.47 Å². The van der Waals surface area contributed by atoms with Crippen molar-refractivity contribution in [3.8, 4) is 0 Å². The zero-order valence-corrected chi connectivity index (χ0v) is 11.3. The lowest BCUT2D eigenvalue weighted by Crippen LogP contribution is -2.23.